The van der Waals surface area contributed by atoms with Crippen molar-refractivity contribution in [1.29, 1.82) is 5.26 Å². The lowest BCUT2D eigenvalue weighted by molar-refractivity contribution is -0.384. The highest BCUT2D eigenvalue weighted by Gasteiger charge is 2.13. The summed E-state index contributed by atoms with van der Waals surface area (Å²) >= 11 is 0. The van der Waals surface area contributed by atoms with E-state index in [-0.39, 0.29) is 11.4 Å². The van der Waals surface area contributed by atoms with E-state index in [0.717, 1.165) is 0 Å². The highest BCUT2D eigenvalue weighted by Crippen LogP contribution is 2.21. The van der Waals surface area contributed by atoms with Crippen molar-refractivity contribution in [2.24, 2.45) is 0 Å². The van der Waals surface area contributed by atoms with Crippen LogP contribution in [-0.2, 0) is 10.0 Å². The van der Waals surface area contributed by atoms with Crippen molar-refractivity contribution in [3.63, 3.8) is 0 Å². The fourth-order valence-electron chi connectivity index (χ4n) is 1.16. The number of nitriles is 1. The fourth-order valence-corrected chi connectivity index (χ4v) is 1.97. The summed E-state index contributed by atoms with van der Waals surface area (Å²) in [6.45, 7) is 1.54. The largest absolute Gasteiger partial charge is 0.282 e. The molecular formula is C9H9N3O4S. The lowest BCUT2D eigenvalue weighted by Crippen LogP contribution is -2.16. The van der Waals surface area contributed by atoms with Crippen LogP contribution in [0.1, 0.15) is 5.56 Å². The predicted molar refractivity (Wildman–Crippen MR) is 60.9 cm³/mol. The molecule has 0 aliphatic rings. The first-order chi connectivity index (χ1) is 7.85. The molecule has 0 bridgehead atoms. The van der Waals surface area contributed by atoms with E-state index in [4.69, 9.17) is 5.26 Å². The number of nitrogens with zero attached hydrogens (tertiary/aromatic N) is 2. The molecule has 1 aromatic rings. The smallest absolute Gasteiger partial charge is 0.269 e. The van der Waals surface area contributed by atoms with E-state index in [2.05, 4.69) is 4.72 Å². The van der Waals surface area contributed by atoms with Crippen LogP contribution in [0.5, 0.6) is 0 Å². The molecule has 0 fully saturated rings. The SMILES string of the molecule is Cc1cc([N+](=O)[O-])ccc1NS(=O)(=O)CC#N. The molecule has 8 heteroatoms. The standard InChI is InChI=1S/C9H9N3O4S/c1-7-6-8(12(13)14)2-3-9(7)11-17(15,16)5-4-10/h2-3,6,11H,5H2,1H3. The number of sulfonamides is 1. The maximum Gasteiger partial charge on any atom is 0.269 e. The Hall–Kier alpha value is -2.14. The highest BCUT2D eigenvalue weighted by atomic mass is 32.2. The van der Waals surface area contributed by atoms with Crippen LogP contribution in [0.4, 0.5) is 11.4 Å². The lowest BCUT2D eigenvalue weighted by atomic mass is 10.2. The van der Waals surface area contributed by atoms with Gasteiger partial charge in [-0.1, -0.05) is 0 Å². The van der Waals surface area contributed by atoms with Crippen LogP contribution in [0, 0.1) is 28.4 Å². The van der Waals surface area contributed by atoms with Gasteiger partial charge in [0.25, 0.3) is 5.69 Å². The van der Waals surface area contributed by atoms with Gasteiger partial charge in [-0.25, -0.2) is 8.42 Å². The first-order valence-corrected chi connectivity index (χ1v) is 6.13. The van der Waals surface area contributed by atoms with E-state index in [1.165, 1.54) is 31.2 Å². The molecule has 17 heavy (non-hydrogen) atoms. The maximum absolute atomic E-state index is 11.3. The zero-order valence-corrected chi connectivity index (χ0v) is 9.69. The number of aryl methyl sites for hydroxylation is 1. The molecule has 90 valence electrons. The minimum absolute atomic E-state index is 0.120. The Morgan fingerprint density at radius 2 is 2.18 bits per heavy atom. The van der Waals surface area contributed by atoms with Gasteiger partial charge in [0.05, 0.1) is 16.7 Å². The molecule has 0 unspecified atom stereocenters. The molecule has 1 rings (SSSR count). The van der Waals surface area contributed by atoms with Gasteiger partial charge in [-0.3, -0.25) is 14.8 Å². The molecule has 1 N–H and O–H groups in total. The van der Waals surface area contributed by atoms with Crippen LogP contribution in [0.25, 0.3) is 0 Å². The Bertz CT molecular complexity index is 589. The summed E-state index contributed by atoms with van der Waals surface area (Å²) in [5.74, 6) is -0.663. The number of rotatable bonds is 4. The highest BCUT2D eigenvalue weighted by molar-refractivity contribution is 7.92. The average molecular weight is 255 g/mol. The number of nitro groups is 1. The number of non-ortho nitro benzene ring substituents is 1. The zero-order valence-electron chi connectivity index (χ0n) is 8.87. The van der Waals surface area contributed by atoms with Crippen molar-refractivity contribution in [1.82, 2.24) is 0 Å². The molecule has 1 aromatic carbocycles. The minimum atomic E-state index is -3.72. The van der Waals surface area contributed by atoms with Crippen molar-refractivity contribution in [3.05, 3.63) is 33.9 Å². The first-order valence-electron chi connectivity index (χ1n) is 4.48. The minimum Gasteiger partial charge on any atom is -0.282 e. The molecule has 0 aliphatic heterocycles. The number of anilines is 1. The van der Waals surface area contributed by atoms with Gasteiger partial charge in [0, 0.05) is 12.1 Å². The molecule has 0 atom stereocenters. The summed E-state index contributed by atoms with van der Waals surface area (Å²) in [7, 11) is -3.72. The second-order valence-corrected chi connectivity index (χ2v) is 5.00. The van der Waals surface area contributed by atoms with Crippen LogP contribution >= 0.6 is 0 Å². The molecule has 7 nitrogen and oxygen atoms in total. The third kappa shape index (κ3) is 3.42. The fraction of sp³-hybridized carbons (Fsp3) is 0.222. The predicted octanol–water partition coefficient (Wildman–Crippen LogP) is 1.17. The van der Waals surface area contributed by atoms with Crippen LogP contribution in [0.15, 0.2) is 18.2 Å². The molecule has 0 aliphatic carbocycles. The van der Waals surface area contributed by atoms with Gasteiger partial charge >= 0.3 is 0 Å². The Balaban J connectivity index is 3.03. The Labute approximate surface area is 97.9 Å². The molecule has 0 heterocycles. The van der Waals surface area contributed by atoms with E-state index in [1.54, 1.807) is 0 Å². The van der Waals surface area contributed by atoms with Crippen LogP contribution < -0.4 is 4.72 Å². The Morgan fingerprint density at radius 3 is 2.65 bits per heavy atom. The summed E-state index contributed by atoms with van der Waals surface area (Å²) in [6.07, 6.45) is 0. The van der Waals surface area contributed by atoms with Crippen molar-refractivity contribution in [2.45, 2.75) is 6.92 Å². The molecule has 0 aromatic heterocycles. The van der Waals surface area contributed by atoms with Gasteiger partial charge in [0.2, 0.25) is 10.0 Å². The third-order valence-electron chi connectivity index (χ3n) is 1.94. The second kappa shape index (κ2) is 4.80. The van der Waals surface area contributed by atoms with Crippen molar-refractivity contribution >= 4 is 21.4 Å². The van der Waals surface area contributed by atoms with Crippen LogP contribution in [-0.4, -0.2) is 19.1 Å². The van der Waals surface area contributed by atoms with E-state index >= 15 is 0 Å². The molecular weight excluding hydrogens is 246 g/mol. The maximum atomic E-state index is 11.3. The van der Waals surface area contributed by atoms with Gasteiger partial charge in [-0.05, 0) is 18.6 Å². The Kier molecular flexibility index (Phi) is 3.65. The third-order valence-corrected chi connectivity index (χ3v) is 2.98. The van der Waals surface area contributed by atoms with Gasteiger partial charge in [0.15, 0.2) is 5.75 Å². The van der Waals surface area contributed by atoms with Gasteiger partial charge in [-0.15, -0.1) is 0 Å². The molecule has 0 amide bonds. The normalized spacial score (nSPS) is 10.6. The molecule has 0 radical (unpaired) electrons. The van der Waals surface area contributed by atoms with E-state index in [9.17, 15) is 18.5 Å². The van der Waals surface area contributed by atoms with E-state index in [1.807, 2.05) is 0 Å². The summed E-state index contributed by atoms with van der Waals surface area (Å²) in [4.78, 5) is 9.91. The van der Waals surface area contributed by atoms with Crippen LogP contribution in [0.3, 0.4) is 0 Å². The topological polar surface area (TPSA) is 113 Å². The number of nitro benzene ring substituents is 1. The van der Waals surface area contributed by atoms with Gasteiger partial charge < -0.3 is 0 Å². The quantitative estimate of drug-likeness (QED) is 0.640. The summed E-state index contributed by atoms with van der Waals surface area (Å²) in [5, 5.41) is 18.8. The van der Waals surface area contributed by atoms with Crippen molar-refractivity contribution in [2.75, 3.05) is 10.5 Å². The Morgan fingerprint density at radius 1 is 1.53 bits per heavy atom. The summed E-state index contributed by atoms with van der Waals surface area (Å²) in [5.41, 5.74) is 0.525. The van der Waals surface area contributed by atoms with E-state index in [0.29, 0.717) is 5.56 Å². The summed E-state index contributed by atoms with van der Waals surface area (Å²) in [6, 6.07) is 5.26. The second-order valence-electron chi connectivity index (χ2n) is 3.28. The molecule has 0 saturated carbocycles. The molecule has 0 spiro atoms. The first kappa shape index (κ1) is 12.9. The number of nitrogens with one attached hydrogen (secondary N) is 1. The number of hydrogen-bond donors (Lipinski definition) is 1. The van der Waals surface area contributed by atoms with E-state index < -0.39 is 20.7 Å². The zero-order chi connectivity index (χ0) is 13.1. The number of benzene rings is 1. The van der Waals surface area contributed by atoms with Crippen molar-refractivity contribution in [3.8, 4) is 6.07 Å². The van der Waals surface area contributed by atoms with Gasteiger partial charge in [0.1, 0.15) is 0 Å². The van der Waals surface area contributed by atoms with Crippen molar-refractivity contribution < 1.29 is 13.3 Å². The van der Waals surface area contributed by atoms with Crippen LogP contribution in [0.2, 0.25) is 0 Å². The lowest BCUT2D eigenvalue weighted by Gasteiger charge is -2.07. The molecule has 0 saturated heterocycles. The monoisotopic (exact) mass is 255 g/mol. The number of hydrogen-bond acceptors (Lipinski definition) is 5. The average Bonchev–Trinajstić information content (AvgIpc) is 2.20. The summed E-state index contributed by atoms with van der Waals surface area (Å²) < 4.78 is 24.8. The van der Waals surface area contributed by atoms with Gasteiger partial charge in [-0.2, -0.15) is 5.26 Å².